The Kier molecular flexibility index (Phi) is 3.39. The van der Waals surface area contributed by atoms with E-state index in [2.05, 4.69) is 15.6 Å². The van der Waals surface area contributed by atoms with Crippen molar-refractivity contribution in [2.45, 2.75) is 26.2 Å². The first-order chi connectivity index (χ1) is 7.79. The highest BCUT2D eigenvalue weighted by Crippen LogP contribution is 2.27. The van der Waals surface area contributed by atoms with E-state index in [1.165, 1.54) is 6.42 Å². The number of rotatable bonds is 4. The van der Waals surface area contributed by atoms with Crippen molar-refractivity contribution < 1.29 is 4.79 Å². The molecule has 2 N–H and O–H groups in total. The van der Waals surface area contributed by atoms with Crippen molar-refractivity contribution in [3.05, 3.63) is 18.3 Å². The van der Waals surface area contributed by atoms with E-state index in [1.807, 2.05) is 19.1 Å². The Morgan fingerprint density at radius 3 is 2.81 bits per heavy atom. The fourth-order valence-corrected chi connectivity index (χ4v) is 1.67. The minimum absolute atomic E-state index is 0.129. The third-order valence-corrected chi connectivity index (χ3v) is 2.86. The van der Waals surface area contributed by atoms with Crippen LogP contribution in [0.4, 0.5) is 11.5 Å². The van der Waals surface area contributed by atoms with E-state index in [0.717, 1.165) is 30.9 Å². The molecule has 1 aliphatic rings. The van der Waals surface area contributed by atoms with E-state index in [4.69, 9.17) is 0 Å². The monoisotopic (exact) mass is 219 g/mol. The van der Waals surface area contributed by atoms with Gasteiger partial charge in [-0.1, -0.05) is 6.42 Å². The van der Waals surface area contributed by atoms with Gasteiger partial charge in [0.1, 0.15) is 5.82 Å². The van der Waals surface area contributed by atoms with Crippen LogP contribution in [0.5, 0.6) is 0 Å². The summed E-state index contributed by atoms with van der Waals surface area (Å²) in [7, 11) is 0. The number of hydrogen-bond donors (Lipinski definition) is 2. The second-order valence-corrected chi connectivity index (χ2v) is 4.08. The number of pyridine rings is 1. The molecule has 0 saturated heterocycles. The Morgan fingerprint density at radius 2 is 2.31 bits per heavy atom. The zero-order chi connectivity index (χ0) is 11.4. The molecule has 2 rings (SSSR count). The summed E-state index contributed by atoms with van der Waals surface area (Å²) in [6, 6.07) is 3.75. The summed E-state index contributed by atoms with van der Waals surface area (Å²) in [5.74, 6) is 1.18. The molecule has 16 heavy (non-hydrogen) atoms. The molecular formula is C12H17N3O. The first-order valence-electron chi connectivity index (χ1n) is 5.80. The van der Waals surface area contributed by atoms with Gasteiger partial charge in [-0.3, -0.25) is 4.79 Å². The zero-order valence-corrected chi connectivity index (χ0v) is 9.49. The lowest BCUT2D eigenvalue weighted by Gasteiger charge is -2.23. The molecule has 1 aromatic heterocycles. The van der Waals surface area contributed by atoms with Crippen LogP contribution in [0.2, 0.25) is 0 Å². The number of anilines is 2. The Labute approximate surface area is 95.5 Å². The summed E-state index contributed by atoms with van der Waals surface area (Å²) in [4.78, 5) is 15.8. The van der Waals surface area contributed by atoms with E-state index in [1.54, 1.807) is 6.20 Å². The second-order valence-electron chi connectivity index (χ2n) is 4.08. The highest BCUT2D eigenvalue weighted by Gasteiger charge is 2.25. The molecule has 0 aromatic carbocycles. The van der Waals surface area contributed by atoms with Crippen LogP contribution < -0.4 is 10.6 Å². The van der Waals surface area contributed by atoms with Crippen LogP contribution in [0.1, 0.15) is 26.2 Å². The van der Waals surface area contributed by atoms with Crippen LogP contribution in [0, 0.1) is 5.92 Å². The topological polar surface area (TPSA) is 54.0 Å². The van der Waals surface area contributed by atoms with Crippen LogP contribution in [0.25, 0.3) is 0 Å². The molecule has 1 fully saturated rings. The van der Waals surface area contributed by atoms with Crippen molar-refractivity contribution >= 4 is 17.4 Å². The predicted octanol–water partition coefficient (Wildman–Crippen LogP) is 2.25. The average Bonchev–Trinajstić information content (AvgIpc) is 2.18. The SMILES string of the molecule is CCNc1ccc(NC(=O)C2CCC2)cn1. The maximum absolute atomic E-state index is 11.7. The predicted molar refractivity (Wildman–Crippen MR) is 64.4 cm³/mol. The molecule has 86 valence electrons. The lowest BCUT2D eigenvalue weighted by molar-refractivity contribution is -0.122. The summed E-state index contributed by atoms with van der Waals surface area (Å²) >= 11 is 0. The fourth-order valence-electron chi connectivity index (χ4n) is 1.67. The average molecular weight is 219 g/mol. The first-order valence-corrected chi connectivity index (χ1v) is 5.80. The van der Waals surface area contributed by atoms with Gasteiger partial charge >= 0.3 is 0 Å². The highest BCUT2D eigenvalue weighted by atomic mass is 16.1. The summed E-state index contributed by atoms with van der Waals surface area (Å²) in [5.41, 5.74) is 0.776. The lowest BCUT2D eigenvalue weighted by atomic mass is 9.85. The van der Waals surface area contributed by atoms with E-state index in [-0.39, 0.29) is 11.8 Å². The van der Waals surface area contributed by atoms with Gasteiger partial charge in [-0.25, -0.2) is 4.98 Å². The van der Waals surface area contributed by atoms with Crippen molar-refractivity contribution in [3.63, 3.8) is 0 Å². The van der Waals surface area contributed by atoms with Crippen molar-refractivity contribution in [3.8, 4) is 0 Å². The number of nitrogens with zero attached hydrogens (tertiary/aromatic N) is 1. The van der Waals surface area contributed by atoms with Crippen LogP contribution in [-0.2, 0) is 4.79 Å². The third kappa shape index (κ3) is 2.51. The van der Waals surface area contributed by atoms with Gasteiger partial charge < -0.3 is 10.6 Å². The lowest BCUT2D eigenvalue weighted by Crippen LogP contribution is -2.28. The van der Waals surface area contributed by atoms with Crippen LogP contribution in [-0.4, -0.2) is 17.4 Å². The van der Waals surface area contributed by atoms with Gasteiger partial charge in [0.05, 0.1) is 11.9 Å². The highest BCUT2D eigenvalue weighted by molar-refractivity contribution is 5.92. The summed E-state index contributed by atoms with van der Waals surface area (Å²) < 4.78 is 0. The number of aromatic nitrogens is 1. The van der Waals surface area contributed by atoms with Crippen LogP contribution >= 0.6 is 0 Å². The third-order valence-electron chi connectivity index (χ3n) is 2.86. The van der Waals surface area contributed by atoms with Gasteiger partial charge in [-0.2, -0.15) is 0 Å². The molecule has 1 saturated carbocycles. The fraction of sp³-hybridized carbons (Fsp3) is 0.500. The first kappa shape index (κ1) is 10.9. The number of carbonyl (C=O) groups excluding carboxylic acids is 1. The van der Waals surface area contributed by atoms with E-state index >= 15 is 0 Å². The number of hydrogen-bond acceptors (Lipinski definition) is 3. The number of nitrogens with one attached hydrogen (secondary N) is 2. The molecule has 1 heterocycles. The molecule has 0 spiro atoms. The molecule has 4 heteroatoms. The molecule has 0 aliphatic heterocycles. The van der Waals surface area contributed by atoms with Gasteiger partial charge in [0.15, 0.2) is 0 Å². The Morgan fingerprint density at radius 1 is 1.50 bits per heavy atom. The van der Waals surface area contributed by atoms with Crippen molar-refractivity contribution in [1.29, 1.82) is 0 Å². The van der Waals surface area contributed by atoms with Crippen molar-refractivity contribution in [2.24, 2.45) is 5.92 Å². The van der Waals surface area contributed by atoms with Crippen LogP contribution in [0.3, 0.4) is 0 Å². The molecule has 0 unspecified atom stereocenters. The van der Waals surface area contributed by atoms with Gasteiger partial charge in [-0.05, 0) is 31.9 Å². The quantitative estimate of drug-likeness (QED) is 0.816. The van der Waals surface area contributed by atoms with E-state index in [9.17, 15) is 4.79 Å². The smallest absolute Gasteiger partial charge is 0.227 e. The maximum Gasteiger partial charge on any atom is 0.227 e. The van der Waals surface area contributed by atoms with Gasteiger partial charge in [-0.15, -0.1) is 0 Å². The van der Waals surface area contributed by atoms with Gasteiger partial charge in [0, 0.05) is 12.5 Å². The summed E-state index contributed by atoms with van der Waals surface area (Å²) in [6.45, 7) is 2.87. The van der Waals surface area contributed by atoms with Gasteiger partial charge in [0.25, 0.3) is 0 Å². The molecule has 0 bridgehead atoms. The molecule has 1 amide bonds. The Hall–Kier alpha value is -1.58. The van der Waals surface area contributed by atoms with Crippen molar-refractivity contribution in [2.75, 3.05) is 17.2 Å². The molecule has 4 nitrogen and oxygen atoms in total. The molecule has 1 aliphatic carbocycles. The van der Waals surface area contributed by atoms with Crippen molar-refractivity contribution in [1.82, 2.24) is 4.98 Å². The van der Waals surface area contributed by atoms with E-state index < -0.39 is 0 Å². The van der Waals surface area contributed by atoms with Crippen LogP contribution in [0.15, 0.2) is 18.3 Å². The minimum Gasteiger partial charge on any atom is -0.370 e. The number of amides is 1. The molecule has 0 radical (unpaired) electrons. The molecular weight excluding hydrogens is 202 g/mol. The van der Waals surface area contributed by atoms with Gasteiger partial charge in [0.2, 0.25) is 5.91 Å². The maximum atomic E-state index is 11.7. The Balaban J connectivity index is 1.91. The largest absolute Gasteiger partial charge is 0.370 e. The summed E-state index contributed by atoms with van der Waals surface area (Å²) in [6.07, 6.45) is 4.91. The molecule has 0 atom stereocenters. The van der Waals surface area contributed by atoms with E-state index in [0.29, 0.717) is 0 Å². The number of carbonyl (C=O) groups is 1. The normalized spacial score (nSPS) is 15.3. The second kappa shape index (κ2) is 4.96. The molecule has 1 aromatic rings. The summed E-state index contributed by atoms with van der Waals surface area (Å²) in [5, 5.41) is 5.99. The Bertz CT molecular complexity index is 357. The zero-order valence-electron chi connectivity index (χ0n) is 9.49. The minimum atomic E-state index is 0.129. The standard InChI is InChI=1S/C12H17N3O/c1-2-13-11-7-6-10(8-14-11)15-12(16)9-4-3-5-9/h6-9H,2-5H2,1H3,(H,13,14)(H,15,16).